The van der Waals surface area contributed by atoms with E-state index in [0.29, 0.717) is 23.7 Å². The monoisotopic (exact) mass is 348 g/mol. The largest absolute Gasteiger partial charge is 0.491 e. The van der Waals surface area contributed by atoms with Gasteiger partial charge in [0.1, 0.15) is 30.1 Å². The first-order valence-electron chi connectivity index (χ1n) is 7.92. The molecule has 7 heteroatoms. The van der Waals surface area contributed by atoms with Crippen LogP contribution in [0.25, 0.3) is 0 Å². The number of aliphatic hydroxyl groups is 1. The van der Waals surface area contributed by atoms with Crippen molar-refractivity contribution in [1.29, 1.82) is 0 Å². The van der Waals surface area contributed by atoms with E-state index in [2.05, 4.69) is 5.32 Å². The first kappa shape index (κ1) is 17.2. The summed E-state index contributed by atoms with van der Waals surface area (Å²) in [5, 5.41) is 12.9. The van der Waals surface area contributed by atoms with Crippen molar-refractivity contribution in [3.05, 3.63) is 54.1 Å². The fourth-order valence-electron chi connectivity index (χ4n) is 2.67. The topological polar surface area (TPSA) is 61.8 Å². The standard InChI is InChI=1S/C18H18F2N2O3/c19-12-1-4-15(5-2-12)25-11-14(23)10-22-8-7-18(24)21-16-9-13(20)3-6-17(16)22/h1-6,9,14,23H,7-8,10-11H2,(H,21,24). The number of halogens is 2. The zero-order valence-electron chi connectivity index (χ0n) is 13.4. The molecule has 132 valence electrons. The van der Waals surface area contributed by atoms with Crippen molar-refractivity contribution in [3.63, 3.8) is 0 Å². The smallest absolute Gasteiger partial charge is 0.226 e. The van der Waals surface area contributed by atoms with Gasteiger partial charge in [0.2, 0.25) is 5.91 Å². The molecule has 2 aromatic rings. The maximum absolute atomic E-state index is 13.4. The predicted molar refractivity (Wildman–Crippen MR) is 89.8 cm³/mol. The van der Waals surface area contributed by atoms with Crippen LogP contribution in [0.3, 0.4) is 0 Å². The maximum Gasteiger partial charge on any atom is 0.226 e. The number of nitrogens with one attached hydrogen (secondary N) is 1. The Morgan fingerprint density at radius 3 is 2.64 bits per heavy atom. The van der Waals surface area contributed by atoms with E-state index in [-0.39, 0.29) is 31.3 Å². The van der Waals surface area contributed by atoms with Crippen LogP contribution in [0.15, 0.2) is 42.5 Å². The number of β-amino-alcohol motifs (C(OH)–C–C–N with tert-alkyl or cyclic N) is 1. The highest BCUT2D eigenvalue weighted by atomic mass is 19.1. The van der Waals surface area contributed by atoms with Gasteiger partial charge < -0.3 is 20.1 Å². The second-order valence-corrected chi connectivity index (χ2v) is 5.82. The van der Waals surface area contributed by atoms with Gasteiger partial charge in [-0.15, -0.1) is 0 Å². The number of carbonyl (C=O) groups excluding carboxylic acids is 1. The van der Waals surface area contributed by atoms with Crippen LogP contribution in [0.1, 0.15) is 6.42 Å². The maximum atomic E-state index is 13.4. The number of fused-ring (bicyclic) bond motifs is 1. The first-order valence-corrected chi connectivity index (χ1v) is 7.92. The third-order valence-electron chi connectivity index (χ3n) is 3.87. The van der Waals surface area contributed by atoms with Crippen molar-refractivity contribution >= 4 is 17.3 Å². The summed E-state index contributed by atoms with van der Waals surface area (Å²) in [5.41, 5.74) is 1.03. The quantitative estimate of drug-likeness (QED) is 0.872. The van der Waals surface area contributed by atoms with Gasteiger partial charge in [-0.2, -0.15) is 0 Å². The van der Waals surface area contributed by atoms with E-state index in [4.69, 9.17) is 4.74 Å². The van der Waals surface area contributed by atoms with Gasteiger partial charge >= 0.3 is 0 Å². The van der Waals surface area contributed by atoms with Gasteiger partial charge in [0.05, 0.1) is 11.4 Å². The number of hydrogen-bond donors (Lipinski definition) is 2. The third kappa shape index (κ3) is 4.45. The van der Waals surface area contributed by atoms with Crippen molar-refractivity contribution in [2.24, 2.45) is 0 Å². The molecule has 0 aromatic heterocycles. The Balaban J connectivity index is 1.65. The molecule has 5 nitrogen and oxygen atoms in total. The Labute approximate surface area is 143 Å². The second-order valence-electron chi connectivity index (χ2n) is 5.82. The fraction of sp³-hybridized carbons (Fsp3) is 0.278. The van der Waals surface area contributed by atoms with Crippen LogP contribution in [0.2, 0.25) is 0 Å². The Morgan fingerprint density at radius 1 is 1.16 bits per heavy atom. The predicted octanol–water partition coefficient (Wildman–Crippen LogP) is 2.55. The Hall–Kier alpha value is -2.67. The summed E-state index contributed by atoms with van der Waals surface area (Å²) < 4.78 is 31.7. The van der Waals surface area contributed by atoms with E-state index in [1.54, 1.807) is 6.07 Å². The van der Waals surface area contributed by atoms with Gasteiger partial charge in [0, 0.05) is 19.5 Å². The summed E-state index contributed by atoms with van der Waals surface area (Å²) in [4.78, 5) is 13.6. The van der Waals surface area contributed by atoms with Gasteiger partial charge in [-0.1, -0.05) is 0 Å². The van der Waals surface area contributed by atoms with Crippen LogP contribution >= 0.6 is 0 Å². The van der Waals surface area contributed by atoms with E-state index in [0.717, 1.165) is 0 Å². The van der Waals surface area contributed by atoms with Crippen LogP contribution in [0.4, 0.5) is 20.2 Å². The molecular weight excluding hydrogens is 330 g/mol. The number of rotatable bonds is 5. The molecule has 1 aliphatic rings. The minimum atomic E-state index is -0.837. The number of amides is 1. The average Bonchev–Trinajstić information content (AvgIpc) is 2.73. The number of ether oxygens (including phenoxy) is 1. The second kappa shape index (κ2) is 7.48. The molecule has 1 atom stereocenters. The van der Waals surface area contributed by atoms with E-state index in [1.165, 1.54) is 36.4 Å². The molecule has 0 fully saturated rings. The summed E-state index contributed by atoms with van der Waals surface area (Å²) >= 11 is 0. The lowest BCUT2D eigenvalue weighted by Gasteiger charge is -2.26. The summed E-state index contributed by atoms with van der Waals surface area (Å²) in [6, 6.07) is 9.65. The molecule has 1 heterocycles. The van der Waals surface area contributed by atoms with E-state index in [1.807, 2.05) is 4.90 Å². The number of benzene rings is 2. The van der Waals surface area contributed by atoms with Crippen molar-refractivity contribution < 1.29 is 23.4 Å². The molecule has 1 amide bonds. The molecule has 1 unspecified atom stereocenters. The van der Waals surface area contributed by atoms with Crippen LogP contribution in [0, 0.1) is 11.6 Å². The van der Waals surface area contributed by atoms with Crippen LogP contribution in [-0.2, 0) is 4.79 Å². The van der Waals surface area contributed by atoms with Crippen molar-refractivity contribution in [2.75, 3.05) is 29.9 Å². The molecule has 2 N–H and O–H groups in total. The summed E-state index contributed by atoms with van der Waals surface area (Å²) in [7, 11) is 0. The van der Waals surface area contributed by atoms with Gasteiger partial charge in [0.15, 0.2) is 0 Å². The molecule has 0 saturated carbocycles. The molecule has 1 aliphatic heterocycles. The van der Waals surface area contributed by atoms with Crippen molar-refractivity contribution in [1.82, 2.24) is 0 Å². The number of anilines is 2. The molecule has 0 spiro atoms. The Bertz CT molecular complexity index is 752. The summed E-state index contributed by atoms with van der Waals surface area (Å²) in [5.74, 6) is -0.554. The van der Waals surface area contributed by atoms with E-state index < -0.39 is 11.9 Å². The minimum absolute atomic E-state index is 0.0139. The first-order chi connectivity index (χ1) is 12.0. The van der Waals surface area contributed by atoms with E-state index >= 15 is 0 Å². The third-order valence-corrected chi connectivity index (χ3v) is 3.87. The minimum Gasteiger partial charge on any atom is -0.491 e. The normalized spacial score (nSPS) is 15.2. The lowest BCUT2D eigenvalue weighted by atomic mass is 10.2. The Kier molecular flexibility index (Phi) is 5.14. The highest BCUT2D eigenvalue weighted by molar-refractivity contribution is 5.96. The summed E-state index contributed by atoms with van der Waals surface area (Å²) in [6.07, 6.45) is -0.599. The van der Waals surface area contributed by atoms with Gasteiger partial charge in [0.25, 0.3) is 0 Å². The number of hydrogen-bond acceptors (Lipinski definition) is 4. The highest BCUT2D eigenvalue weighted by Crippen LogP contribution is 2.29. The number of nitrogens with zero attached hydrogens (tertiary/aromatic N) is 1. The van der Waals surface area contributed by atoms with Crippen LogP contribution < -0.4 is 15.0 Å². The molecule has 0 aliphatic carbocycles. The lowest BCUT2D eigenvalue weighted by Crippen LogP contribution is -2.36. The SMILES string of the molecule is O=C1CCN(CC(O)COc2ccc(F)cc2)c2ccc(F)cc2N1. The fourth-order valence-corrected chi connectivity index (χ4v) is 2.67. The summed E-state index contributed by atoms with van der Waals surface area (Å²) in [6.45, 7) is 0.632. The molecule has 0 radical (unpaired) electrons. The molecule has 0 saturated heterocycles. The Morgan fingerprint density at radius 2 is 1.88 bits per heavy atom. The van der Waals surface area contributed by atoms with Crippen molar-refractivity contribution in [3.8, 4) is 5.75 Å². The van der Waals surface area contributed by atoms with E-state index in [9.17, 15) is 18.7 Å². The van der Waals surface area contributed by atoms with Crippen LogP contribution in [-0.4, -0.2) is 36.8 Å². The van der Waals surface area contributed by atoms with Gasteiger partial charge in [-0.3, -0.25) is 4.79 Å². The van der Waals surface area contributed by atoms with Crippen LogP contribution in [0.5, 0.6) is 5.75 Å². The van der Waals surface area contributed by atoms with Crippen molar-refractivity contribution in [2.45, 2.75) is 12.5 Å². The highest BCUT2D eigenvalue weighted by Gasteiger charge is 2.22. The number of carbonyl (C=O) groups is 1. The molecule has 2 aromatic carbocycles. The zero-order chi connectivity index (χ0) is 17.8. The number of aliphatic hydroxyl groups excluding tert-OH is 1. The molecular formula is C18H18F2N2O3. The van der Waals surface area contributed by atoms with Gasteiger partial charge in [-0.25, -0.2) is 8.78 Å². The molecule has 3 rings (SSSR count). The van der Waals surface area contributed by atoms with Gasteiger partial charge in [-0.05, 0) is 42.5 Å². The zero-order valence-corrected chi connectivity index (χ0v) is 13.4. The lowest BCUT2D eigenvalue weighted by molar-refractivity contribution is -0.116. The molecule has 25 heavy (non-hydrogen) atoms. The molecule has 0 bridgehead atoms. The average molecular weight is 348 g/mol.